The largest absolute Gasteiger partial charge is 0.244 e. The second kappa shape index (κ2) is 5.59. The van der Waals surface area contributed by atoms with E-state index in [-0.39, 0.29) is 0 Å². The smallest absolute Gasteiger partial charge is 0.193 e. The third-order valence-corrected chi connectivity index (χ3v) is 4.23. The second-order valence-electron chi connectivity index (χ2n) is 4.91. The van der Waals surface area contributed by atoms with Crippen molar-refractivity contribution in [2.45, 2.75) is 42.8 Å². The van der Waals surface area contributed by atoms with Gasteiger partial charge < -0.3 is 0 Å². The van der Waals surface area contributed by atoms with E-state index in [0.29, 0.717) is 10.7 Å². The standard InChI is InChI=1S/C15H14N4S/c1-10-8-17-15(18-9-10)20-14-12(7-16)6-11-4-2-3-5-13(11)19-14/h6,8-9H,2-5H2,1H3. The lowest BCUT2D eigenvalue weighted by Crippen LogP contribution is -2.07. The molecule has 5 heteroatoms. The normalized spacial score (nSPS) is 13.6. The summed E-state index contributed by atoms with van der Waals surface area (Å²) >= 11 is 1.36. The minimum Gasteiger partial charge on any atom is -0.244 e. The van der Waals surface area contributed by atoms with Crippen molar-refractivity contribution in [3.8, 4) is 6.07 Å². The Morgan fingerprint density at radius 3 is 2.70 bits per heavy atom. The van der Waals surface area contributed by atoms with Crippen LogP contribution in [0.4, 0.5) is 0 Å². The molecule has 20 heavy (non-hydrogen) atoms. The maximum atomic E-state index is 9.30. The highest BCUT2D eigenvalue weighted by Crippen LogP contribution is 2.30. The summed E-state index contributed by atoms with van der Waals surface area (Å²) in [4.78, 5) is 13.2. The van der Waals surface area contributed by atoms with E-state index in [2.05, 4.69) is 21.0 Å². The predicted octanol–water partition coefficient (Wildman–Crippen LogP) is 3.08. The number of pyridine rings is 1. The molecule has 0 aromatic carbocycles. The molecule has 0 saturated heterocycles. The molecule has 100 valence electrons. The molecule has 2 aromatic rings. The zero-order valence-electron chi connectivity index (χ0n) is 11.3. The van der Waals surface area contributed by atoms with Gasteiger partial charge in [0.05, 0.1) is 5.56 Å². The molecule has 1 aliphatic carbocycles. The van der Waals surface area contributed by atoms with E-state index in [1.165, 1.54) is 30.2 Å². The van der Waals surface area contributed by atoms with Crippen LogP contribution in [0.1, 0.15) is 35.2 Å². The van der Waals surface area contributed by atoms with E-state index in [9.17, 15) is 5.26 Å². The van der Waals surface area contributed by atoms with Gasteiger partial charge in [-0.3, -0.25) is 0 Å². The van der Waals surface area contributed by atoms with Gasteiger partial charge in [-0.15, -0.1) is 0 Å². The number of rotatable bonds is 2. The molecule has 0 atom stereocenters. The van der Waals surface area contributed by atoms with Gasteiger partial charge in [0.25, 0.3) is 0 Å². The summed E-state index contributed by atoms with van der Waals surface area (Å²) in [6.07, 6.45) is 7.95. The minimum absolute atomic E-state index is 0.625. The van der Waals surface area contributed by atoms with Crippen LogP contribution in [-0.4, -0.2) is 15.0 Å². The van der Waals surface area contributed by atoms with E-state index < -0.39 is 0 Å². The van der Waals surface area contributed by atoms with Gasteiger partial charge in [0.1, 0.15) is 11.1 Å². The Bertz CT molecular complexity index is 674. The minimum atomic E-state index is 0.625. The van der Waals surface area contributed by atoms with Crippen molar-refractivity contribution in [1.82, 2.24) is 15.0 Å². The summed E-state index contributed by atoms with van der Waals surface area (Å²) in [5, 5.41) is 10.7. The molecule has 0 radical (unpaired) electrons. The summed E-state index contributed by atoms with van der Waals surface area (Å²) in [6.45, 7) is 1.95. The Labute approximate surface area is 122 Å². The lowest BCUT2D eigenvalue weighted by atomic mass is 9.95. The summed E-state index contributed by atoms with van der Waals surface area (Å²) in [6, 6.07) is 4.22. The van der Waals surface area contributed by atoms with Gasteiger partial charge in [-0.2, -0.15) is 5.26 Å². The van der Waals surface area contributed by atoms with E-state index in [0.717, 1.165) is 29.1 Å². The number of nitriles is 1. The molecule has 2 heterocycles. The van der Waals surface area contributed by atoms with E-state index >= 15 is 0 Å². The Morgan fingerprint density at radius 1 is 1.20 bits per heavy atom. The molecule has 0 N–H and O–H groups in total. The Morgan fingerprint density at radius 2 is 1.95 bits per heavy atom. The highest BCUT2D eigenvalue weighted by Gasteiger charge is 2.16. The van der Waals surface area contributed by atoms with Crippen LogP contribution in [0.5, 0.6) is 0 Å². The van der Waals surface area contributed by atoms with Crippen LogP contribution in [0.15, 0.2) is 28.6 Å². The van der Waals surface area contributed by atoms with Crippen molar-refractivity contribution >= 4 is 11.8 Å². The van der Waals surface area contributed by atoms with Crippen molar-refractivity contribution in [3.63, 3.8) is 0 Å². The van der Waals surface area contributed by atoms with E-state index in [1.807, 2.05) is 13.0 Å². The first-order valence-corrected chi connectivity index (χ1v) is 7.47. The van der Waals surface area contributed by atoms with Gasteiger partial charge in [-0.1, -0.05) is 0 Å². The van der Waals surface area contributed by atoms with Crippen molar-refractivity contribution in [2.75, 3.05) is 0 Å². The second-order valence-corrected chi connectivity index (χ2v) is 5.87. The molecule has 0 spiro atoms. The lowest BCUT2D eigenvalue weighted by Gasteiger charge is -2.16. The Hall–Kier alpha value is -1.93. The van der Waals surface area contributed by atoms with Gasteiger partial charge in [-0.25, -0.2) is 15.0 Å². The fraction of sp³-hybridized carbons (Fsp3) is 0.333. The first-order chi connectivity index (χ1) is 9.76. The highest BCUT2D eigenvalue weighted by molar-refractivity contribution is 7.99. The SMILES string of the molecule is Cc1cnc(Sc2nc3c(cc2C#N)CCCC3)nc1. The molecule has 0 amide bonds. The molecular formula is C15H14N4S. The van der Waals surface area contributed by atoms with Crippen LogP contribution >= 0.6 is 11.8 Å². The Balaban J connectivity index is 1.96. The van der Waals surface area contributed by atoms with Crippen LogP contribution in [0, 0.1) is 18.3 Å². The fourth-order valence-electron chi connectivity index (χ4n) is 2.29. The van der Waals surface area contributed by atoms with Gasteiger partial charge in [0.15, 0.2) is 5.16 Å². The molecule has 0 aliphatic heterocycles. The fourth-order valence-corrected chi connectivity index (χ4v) is 3.05. The quantitative estimate of drug-likeness (QED) is 0.792. The third-order valence-electron chi connectivity index (χ3n) is 3.33. The summed E-state index contributed by atoms with van der Waals surface area (Å²) in [5.41, 5.74) is 4.00. The van der Waals surface area contributed by atoms with E-state index in [4.69, 9.17) is 0 Å². The molecule has 0 fully saturated rings. The average molecular weight is 282 g/mol. The van der Waals surface area contributed by atoms with Crippen LogP contribution in [0.2, 0.25) is 0 Å². The molecule has 3 rings (SSSR count). The number of hydrogen-bond donors (Lipinski definition) is 0. The molecule has 2 aromatic heterocycles. The molecule has 0 unspecified atom stereocenters. The topological polar surface area (TPSA) is 62.5 Å². The molecule has 1 aliphatic rings. The van der Waals surface area contributed by atoms with Crippen LogP contribution < -0.4 is 0 Å². The summed E-state index contributed by atoms with van der Waals surface area (Å²) in [7, 11) is 0. The average Bonchev–Trinajstić information content (AvgIpc) is 2.49. The number of fused-ring (bicyclic) bond motifs is 1. The first kappa shape index (κ1) is 13.1. The number of hydrogen-bond acceptors (Lipinski definition) is 5. The highest BCUT2D eigenvalue weighted by atomic mass is 32.2. The van der Waals surface area contributed by atoms with Gasteiger partial charge in [0.2, 0.25) is 0 Å². The molecule has 0 bridgehead atoms. The van der Waals surface area contributed by atoms with Crippen LogP contribution in [0.3, 0.4) is 0 Å². The number of aromatic nitrogens is 3. The molecule has 0 saturated carbocycles. The van der Waals surface area contributed by atoms with Gasteiger partial charge in [-0.05, 0) is 61.6 Å². The predicted molar refractivity (Wildman–Crippen MR) is 76.5 cm³/mol. The molecule has 4 nitrogen and oxygen atoms in total. The van der Waals surface area contributed by atoms with E-state index in [1.54, 1.807) is 12.4 Å². The first-order valence-electron chi connectivity index (χ1n) is 6.65. The summed E-state index contributed by atoms with van der Waals surface area (Å²) < 4.78 is 0. The van der Waals surface area contributed by atoms with Gasteiger partial charge in [0, 0.05) is 18.1 Å². The molecular weight excluding hydrogens is 268 g/mol. The lowest BCUT2D eigenvalue weighted by molar-refractivity contribution is 0.660. The number of aryl methyl sites for hydroxylation is 3. The zero-order chi connectivity index (χ0) is 13.9. The zero-order valence-corrected chi connectivity index (χ0v) is 12.1. The van der Waals surface area contributed by atoms with Crippen molar-refractivity contribution in [2.24, 2.45) is 0 Å². The van der Waals surface area contributed by atoms with Crippen molar-refractivity contribution in [3.05, 3.63) is 40.8 Å². The van der Waals surface area contributed by atoms with Crippen LogP contribution in [-0.2, 0) is 12.8 Å². The van der Waals surface area contributed by atoms with Crippen molar-refractivity contribution in [1.29, 1.82) is 5.26 Å². The monoisotopic (exact) mass is 282 g/mol. The number of nitrogens with zero attached hydrogens (tertiary/aromatic N) is 4. The Kier molecular flexibility index (Phi) is 3.66. The van der Waals surface area contributed by atoms with Gasteiger partial charge >= 0.3 is 0 Å². The maximum Gasteiger partial charge on any atom is 0.193 e. The van der Waals surface area contributed by atoms with Crippen LogP contribution in [0.25, 0.3) is 0 Å². The summed E-state index contributed by atoms with van der Waals surface area (Å²) in [5.74, 6) is 0. The van der Waals surface area contributed by atoms with Crippen molar-refractivity contribution < 1.29 is 0 Å². The third kappa shape index (κ3) is 2.66. The maximum absolute atomic E-state index is 9.30.